The number of hydrogen-bond acceptors (Lipinski definition) is 3. The molecule has 0 fully saturated rings. The number of nitrogens with one attached hydrogen (secondary N) is 1. The van der Waals surface area contributed by atoms with E-state index < -0.39 is 0 Å². The van der Waals surface area contributed by atoms with Crippen molar-refractivity contribution in [3.63, 3.8) is 0 Å². The lowest BCUT2D eigenvalue weighted by molar-refractivity contribution is 0.392. The molecule has 0 bridgehead atoms. The number of terminal acetylenes is 1. The van der Waals surface area contributed by atoms with Gasteiger partial charge in [0, 0.05) is 12.1 Å². The van der Waals surface area contributed by atoms with Crippen LogP contribution in [0.15, 0.2) is 4.52 Å². The third-order valence-electron chi connectivity index (χ3n) is 1.71. The monoisotopic (exact) mass is 164 g/mol. The Morgan fingerprint density at radius 2 is 2.33 bits per heavy atom. The van der Waals surface area contributed by atoms with E-state index in [4.69, 9.17) is 10.9 Å². The van der Waals surface area contributed by atoms with Crippen LogP contribution in [0.1, 0.15) is 17.0 Å². The van der Waals surface area contributed by atoms with Gasteiger partial charge in [0.15, 0.2) is 0 Å². The highest BCUT2D eigenvalue weighted by Crippen LogP contribution is 2.10. The van der Waals surface area contributed by atoms with Gasteiger partial charge in [-0.05, 0) is 13.8 Å². The fourth-order valence-corrected chi connectivity index (χ4v) is 1.01. The van der Waals surface area contributed by atoms with Crippen LogP contribution in [0.25, 0.3) is 0 Å². The van der Waals surface area contributed by atoms with E-state index in [1.807, 2.05) is 13.8 Å². The lowest BCUT2D eigenvalue weighted by Crippen LogP contribution is -2.13. The van der Waals surface area contributed by atoms with E-state index in [0.29, 0.717) is 6.54 Å². The van der Waals surface area contributed by atoms with E-state index in [1.165, 1.54) is 0 Å². The maximum absolute atomic E-state index is 5.09. The quantitative estimate of drug-likeness (QED) is 0.535. The highest BCUT2D eigenvalue weighted by Gasteiger charge is 2.06. The summed E-state index contributed by atoms with van der Waals surface area (Å²) in [5.74, 6) is 3.37. The second kappa shape index (κ2) is 3.93. The molecule has 0 aliphatic carbocycles. The van der Waals surface area contributed by atoms with Crippen LogP contribution >= 0.6 is 0 Å². The van der Waals surface area contributed by atoms with E-state index in [1.54, 1.807) is 0 Å². The van der Waals surface area contributed by atoms with Crippen LogP contribution in [0.2, 0.25) is 0 Å². The van der Waals surface area contributed by atoms with Gasteiger partial charge in [-0.2, -0.15) is 0 Å². The SMILES string of the molecule is C#CCNCc1c(C)noc1C. The lowest BCUT2D eigenvalue weighted by Gasteiger charge is -1.98. The molecule has 3 nitrogen and oxygen atoms in total. The molecule has 0 unspecified atom stereocenters. The van der Waals surface area contributed by atoms with Gasteiger partial charge in [0.25, 0.3) is 0 Å². The number of hydrogen-bond donors (Lipinski definition) is 1. The van der Waals surface area contributed by atoms with Gasteiger partial charge in [0.05, 0.1) is 12.2 Å². The molecular formula is C9H12N2O. The van der Waals surface area contributed by atoms with Crippen molar-refractivity contribution >= 4 is 0 Å². The fraction of sp³-hybridized carbons (Fsp3) is 0.444. The van der Waals surface area contributed by atoms with Gasteiger partial charge >= 0.3 is 0 Å². The zero-order valence-corrected chi connectivity index (χ0v) is 7.35. The summed E-state index contributed by atoms with van der Waals surface area (Å²) < 4.78 is 4.98. The van der Waals surface area contributed by atoms with Gasteiger partial charge in [-0.25, -0.2) is 0 Å². The Morgan fingerprint density at radius 3 is 2.83 bits per heavy atom. The molecule has 1 aromatic rings. The standard InChI is InChI=1S/C9H12N2O/c1-4-5-10-6-9-7(2)11-12-8(9)3/h1,10H,5-6H2,2-3H3. The maximum Gasteiger partial charge on any atom is 0.138 e. The summed E-state index contributed by atoms with van der Waals surface area (Å²) in [6.07, 6.45) is 5.09. The van der Waals surface area contributed by atoms with Gasteiger partial charge < -0.3 is 9.84 Å². The van der Waals surface area contributed by atoms with Crippen LogP contribution in [0.4, 0.5) is 0 Å². The molecular weight excluding hydrogens is 152 g/mol. The Morgan fingerprint density at radius 1 is 1.58 bits per heavy atom. The summed E-state index contributed by atoms with van der Waals surface area (Å²) in [6.45, 7) is 5.12. The molecule has 0 aliphatic heterocycles. The predicted octanol–water partition coefficient (Wildman–Crippen LogP) is 1.01. The average Bonchev–Trinajstić information content (AvgIpc) is 2.35. The van der Waals surface area contributed by atoms with E-state index in [-0.39, 0.29) is 0 Å². The molecule has 0 radical (unpaired) electrons. The molecule has 12 heavy (non-hydrogen) atoms. The topological polar surface area (TPSA) is 38.1 Å². The minimum absolute atomic E-state index is 0.573. The number of aryl methyl sites for hydroxylation is 2. The normalized spacial score (nSPS) is 9.75. The van der Waals surface area contributed by atoms with Crippen molar-refractivity contribution in [2.24, 2.45) is 0 Å². The number of aromatic nitrogens is 1. The molecule has 1 heterocycles. The van der Waals surface area contributed by atoms with Gasteiger partial charge in [0.1, 0.15) is 5.76 Å². The summed E-state index contributed by atoms with van der Waals surface area (Å²) in [5.41, 5.74) is 2.03. The van der Waals surface area contributed by atoms with Crippen molar-refractivity contribution in [1.29, 1.82) is 0 Å². The molecule has 3 heteroatoms. The number of nitrogens with zero attached hydrogens (tertiary/aromatic N) is 1. The summed E-state index contributed by atoms with van der Waals surface area (Å²) >= 11 is 0. The Hall–Kier alpha value is -1.27. The Labute approximate surface area is 72.1 Å². The highest BCUT2D eigenvalue weighted by molar-refractivity contribution is 5.20. The van der Waals surface area contributed by atoms with Crippen LogP contribution < -0.4 is 5.32 Å². The van der Waals surface area contributed by atoms with Gasteiger partial charge in [-0.15, -0.1) is 6.42 Å². The maximum atomic E-state index is 5.09. The van der Waals surface area contributed by atoms with E-state index in [2.05, 4.69) is 16.4 Å². The zero-order chi connectivity index (χ0) is 8.97. The molecule has 0 amide bonds. The van der Waals surface area contributed by atoms with Crippen molar-refractivity contribution in [1.82, 2.24) is 10.5 Å². The average molecular weight is 164 g/mol. The first kappa shape index (κ1) is 8.82. The highest BCUT2D eigenvalue weighted by atomic mass is 16.5. The van der Waals surface area contributed by atoms with Crippen molar-refractivity contribution in [3.05, 3.63) is 17.0 Å². The molecule has 64 valence electrons. The summed E-state index contributed by atoms with van der Waals surface area (Å²) in [6, 6.07) is 0. The Bertz CT molecular complexity index is 276. The van der Waals surface area contributed by atoms with Crippen LogP contribution in [-0.4, -0.2) is 11.7 Å². The summed E-state index contributed by atoms with van der Waals surface area (Å²) in [5, 5.41) is 6.91. The molecule has 1 aromatic heterocycles. The second-order valence-corrected chi connectivity index (χ2v) is 2.61. The van der Waals surface area contributed by atoms with Gasteiger partial charge in [0.2, 0.25) is 0 Å². The molecule has 1 N–H and O–H groups in total. The zero-order valence-electron chi connectivity index (χ0n) is 7.35. The number of rotatable bonds is 3. The molecule has 0 saturated carbocycles. The summed E-state index contributed by atoms with van der Waals surface area (Å²) in [4.78, 5) is 0. The van der Waals surface area contributed by atoms with Crippen molar-refractivity contribution in [2.75, 3.05) is 6.54 Å². The minimum Gasteiger partial charge on any atom is -0.361 e. The lowest BCUT2D eigenvalue weighted by atomic mass is 10.2. The van der Waals surface area contributed by atoms with Crippen LogP contribution in [0.3, 0.4) is 0 Å². The molecule has 0 aliphatic rings. The van der Waals surface area contributed by atoms with E-state index >= 15 is 0 Å². The third kappa shape index (κ3) is 1.86. The predicted molar refractivity (Wildman–Crippen MR) is 46.5 cm³/mol. The van der Waals surface area contributed by atoms with Crippen LogP contribution in [0.5, 0.6) is 0 Å². The molecule has 0 aromatic carbocycles. The molecule has 0 atom stereocenters. The van der Waals surface area contributed by atoms with Crippen LogP contribution in [-0.2, 0) is 6.54 Å². The second-order valence-electron chi connectivity index (χ2n) is 2.61. The van der Waals surface area contributed by atoms with Crippen molar-refractivity contribution in [3.8, 4) is 12.3 Å². The molecule has 0 saturated heterocycles. The van der Waals surface area contributed by atoms with E-state index in [9.17, 15) is 0 Å². The smallest absolute Gasteiger partial charge is 0.138 e. The van der Waals surface area contributed by atoms with Gasteiger partial charge in [-0.3, -0.25) is 0 Å². The largest absolute Gasteiger partial charge is 0.361 e. The minimum atomic E-state index is 0.573. The van der Waals surface area contributed by atoms with Crippen molar-refractivity contribution in [2.45, 2.75) is 20.4 Å². The van der Waals surface area contributed by atoms with Crippen molar-refractivity contribution < 1.29 is 4.52 Å². The van der Waals surface area contributed by atoms with Gasteiger partial charge in [-0.1, -0.05) is 11.1 Å². The first-order valence-electron chi connectivity index (χ1n) is 3.81. The molecule has 1 rings (SSSR count). The molecule has 0 spiro atoms. The fourth-order valence-electron chi connectivity index (χ4n) is 1.01. The Balaban J connectivity index is 2.57. The van der Waals surface area contributed by atoms with Crippen LogP contribution in [0, 0.1) is 26.2 Å². The first-order chi connectivity index (χ1) is 5.75. The van der Waals surface area contributed by atoms with E-state index in [0.717, 1.165) is 23.6 Å². The Kier molecular flexibility index (Phi) is 2.89. The third-order valence-corrected chi connectivity index (χ3v) is 1.71. The first-order valence-corrected chi connectivity index (χ1v) is 3.81. The summed E-state index contributed by atoms with van der Waals surface area (Å²) in [7, 11) is 0.